The van der Waals surface area contributed by atoms with Gasteiger partial charge in [0.25, 0.3) is 0 Å². The summed E-state index contributed by atoms with van der Waals surface area (Å²) in [4.78, 5) is 25.8. The molecular weight excluding hydrogens is 212 g/mol. The van der Waals surface area contributed by atoms with Crippen molar-refractivity contribution in [2.75, 3.05) is 27.7 Å². The first-order valence-electron chi connectivity index (χ1n) is 5.02. The highest BCUT2D eigenvalue weighted by Gasteiger charge is 2.45. The number of nitrogens with zero attached hydrogens (tertiary/aromatic N) is 2. The molecule has 16 heavy (non-hydrogen) atoms. The summed E-state index contributed by atoms with van der Waals surface area (Å²) in [5.74, 6) is 0. The van der Waals surface area contributed by atoms with Gasteiger partial charge in [-0.05, 0) is 0 Å². The van der Waals surface area contributed by atoms with Gasteiger partial charge >= 0.3 is 12.2 Å². The predicted octanol–water partition coefficient (Wildman–Crippen LogP) is 1.12. The van der Waals surface area contributed by atoms with Gasteiger partial charge in [0.05, 0.1) is 7.11 Å². The van der Waals surface area contributed by atoms with E-state index >= 15 is 0 Å². The third kappa shape index (κ3) is 2.20. The molecule has 0 N–H and O–H groups in total. The zero-order valence-corrected chi connectivity index (χ0v) is 10.3. The third-order valence-corrected chi connectivity index (χ3v) is 2.67. The van der Waals surface area contributed by atoms with E-state index in [4.69, 9.17) is 4.74 Å². The summed E-state index contributed by atoms with van der Waals surface area (Å²) in [6, 6.07) is -0.173. The smallest absolute Gasteiger partial charge is 0.438 e. The van der Waals surface area contributed by atoms with Gasteiger partial charge in [0.2, 0.25) is 0 Å². The minimum atomic E-state index is -0.776. The van der Waals surface area contributed by atoms with Gasteiger partial charge in [-0.15, -0.1) is 0 Å². The maximum Gasteiger partial charge on any atom is 0.509 e. The highest BCUT2D eigenvalue weighted by molar-refractivity contribution is 5.75. The van der Waals surface area contributed by atoms with Crippen LogP contribution in [0, 0.1) is 5.41 Å². The molecule has 6 nitrogen and oxygen atoms in total. The highest BCUT2D eigenvalue weighted by atomic mass is 16.7. The first-order valence-corrected chi connectivity index (χ1v) is 5.02. The minimum Gasteiger partial charge on any atom is -0.438 e. The maximum absolute atomic E-state index is 11.7. The van der Waals surface area contributed by atoms with E-state index in [0.717, 1.165) is 0 Å². The van der Waals surface area contributed by atoms with Crippen LogP contribution < -0.4 is 0 Å². The van der Waals surface area contributed by atoms with E-state index < -0.39 is 12.4 Å². The quantitative estimate of drug-likeness (QED) is 0.633. The lowest BCUT2D eigenvalue weighted by molar-refractivity contribution is -0.103. The van der Waals surface area contributed by atoms with E-state index in [0.29, 0.717) is 6.54 Å². The number of methoxy groups -OCH3 is 1. The van der Waals surface area contributed by atoms with Crippen molar-refractivity contribution < 1.29 is 19.1 Å². The molecule has 0 bridgehead atoms. The van der Waals surface area contributed by atoms with E-state index in [1.54, 1.807) is 19.0 Å². The zero-order valence-electron chi connectivity index (χ0n) is 10.3. The molecule has 1 aliphatic rings. The molecule has 0 radical (unpaired) electrons. The number of amides is 2. The van der Waals surface area contributed by atoms with Crippen molar-refractivity contribution in [2.45, 2.75) is 20.1 Å². The summed E-state index contributed by atoms with van der Waals surface area (Å²) in [7, 11) is 4.56. The maximum atomic E-state index is 11.7. The normalized spacial score (nSPS) is 24.3. The van der Waals surface area contributed by atoms with Gasteiger partial charge in [0.1, 0.15) is 0 Å². The Labute approximate surface area is 95.1 Å². The lowest BCUT2D eigenvalue weighted by Gasteiger charge is -2.46. The molecule has 2 amide bonds. The molecule has 0 aromatic rings. The van der Waals surface area contributed by atoms with Gasteiger partial charge in [0, 0.05) is 26.1 Å². The molecule has 0 saturated carbocycles. The van der Waals surface area contributed by atoms with Gasteiger partial charge in [-0.2, -0.15) is 0 Å². The summed E-state index contributed by atoms with van der Waals surface area (Å²) >= 11 is 0. The Morgan fingerprint density at radius 1 is 1.44 bits per heavy atom. The molecule has 1 rings (SSSR count). The second kappa shape index (κ2) is 4.19. The number of rotatable bonds is 1. The van der Waals surface area contributed by atoms with E-state index in [9.17, 15) is 9.59 Å². The average molecular weight is 230 g/mol. The fourth-order valence-electron chi connectivity index (χ4n) is 2.03. The minimum absolute atomic E-state index is 0.173. The number of hydrogen-bond acceptors (Lipinski definition) is 4. The number of urea groups is 1. The molecule has 1 fully saturated rings. The van der Waals surface area contributed by atoms with Gasteiger partial charge in [-0.25, -0.2) is 9.59 Å². The van der Waals surface area contributed by atoms with Crippen LogP contribution in [0.1, 0.15) is 13.8 Å². The third-order valence-electron chi connectivity index (χ3n) is 2.67. The average Bonchev–Trinajstić information content (AvgIpc) is 2.20. The van der Waals surface area contributed by atoms with Crippen molar-refractivity contribution in [3.05, 3.63) is 0 Å². The van der Waals surface area contributed by atoms with Crippen molar-refractivity contribution in [1.82, 2.24) is 9.80 Å². The van der Waals surface area contributed by atoms with Crippen molar-refractivity contribution in [3.63, 3.8) is 0 Å². The molecular formula is C10H18N2O4. The number of ether oxygens (including phenoxy) is 2. The second-order valence-corrected chi connectivity index (χ2v) is 4.66. The van der Waals surface area contributed by atoms with Crippen LogP contribution in [-0.2, 0) is 9.47 Å². The summed E-state index contributed by atoms with van der Waals surface area (Å²) in [6.07, 6.45) is -1.38. The van der Waals surface area contributed by atoms with Crippen molar-refractivity contribution >= 4 is 12.2 Å². The molecule has 1 heterocycles. The summed E-state index contributed by atoms with van der Waals surface area (Å²) in [5, 5.41) is 0. The molecule has 1 saturated heterocycles. The molecule has 0 aliphatic carbocycles. The molecule has 1 unspecified atom stereocenters. The number of hydrogen-bond donors (Lipinski definition) is 0. The Hall–Kier alpha value is -1.46. The Balaban J connectivity index is 2.86. The van der Waals surface area contributed by atoms with Crippen molar-refractivity contribution in [3.8, 4) is 0 Å². The van der Waals surface area contributed by atoms with E-state index in [1.807, 2.05) is 13.8 Å². The van der Waals surface area contributed by atoms with Crippen LogP contribution in [0.15, 0.2) is 0 Å². The highest BCUT2D eigenvalue weighted by Crippen LogP contribution is 2.31. The molecule has 92 valence electrons. The van der Waals surface area contributed by atoms with Crippen LogP contribution >= 0.6 is 0 Å². The summed E-state index contributed by atoms with van der Waals surface area (Å²) in [6.45, 7) is 4.39. The Morgan fingerprint density at radius 3 is 2.50 bits per heavy atom. The van der Waals surface area contributed by atoms with E-state index in [2.05, 4.69) is 4.74 Å². The van der Waals surface area contributed by atoms with Gasteiger partial charge in [0.15, 0.2) is 6.23 Å². The molecule has 0 aromatic carbocycles. The van der Waals surface area contributed by atoms with Gasteiger partial charge in [-0.1, -0.05) is 13.8 Å². The molecule has 6 heteroatoms. The van der Waals surface area contributed by atoms with Gasteiger partial charge in [-0.3, -0.25) is 4.90 Å². The molecule has 0 spiro atoms. The second-order valence-electron chi connectivity index (χ2n) is 4.66. The molecule has 1 atom stereocenters. The van der Waals surface area contributed by atoms with Crippen LogP contribution in [0.25, 0.3) is 0 Å². The van der Waals surface area contributed by atoms with Crippen LogP contribution in [0.5, 0.6) is 0 Å². The lowest BCUT2D eigenvalue weighted by atomic mass is 9.88. The number of carbonyl (C=O) groups is 2. The SMILES string of the molecule is COC(=O)OC1N(C)C(=O)N(C)CC1(C)C. The van der Waals surface area contributed by atoms with Crippen molar-refractivity contribution in [2.24, 2.45) is 5.41 Å². The standard InChI is InChI=1S/C10H18N2O4/c1-10(2)6-11(3)8(13)12(4)7(10)16-9(14)15-5/h7H,6H2,1-5H3. The summed E-state index contributed by atoms with van der Waals surface area (Å²) < 4.78 is 9.55. The van der Waals surface area contributed by atoms with Crippen LogP contribution in [0.2, 0.25) is 0 Å². The van der Waals surface area contributed by atoms with Crippen molar-refractivity contribution in [1.29, 1.82) is 0 Å². The number of carbonyl (C=O) groups excluding carboxylic acids is 2. The molecule has 0 aromatic heterocycles. The summed E-state index contributed by atoms with van der Waals surface area (Å²) in [5.41, 5.74) is -0.342. The molecule has 1 aliphatic heterocycles. The van der Waals surface area contributed by atoms with Crippen LogP contribution in [0.4, 0.5) is 9.59 Å². The fraction of sp³-hybridized carbons (Fsp3) is 0.800. The lowest BCUT2D eigenvalue weighted by Crippen LogP contribution is -2.61. The fourth-order valence-corrected chi connectivity index (χ4v) is 2.03. The van der Waals surface area contributed by atoms with E-state index in [1.165, 1.54) is 12.0 Å². The first kappa shape index (κ1) is 12.6. The first-order chi connectivity index (χ1) is 7.29. The topological polar surface area (TPSA) is 59.1 Å². The Bertz CT molecular complexity index is 303. The predicted molar refractivity (Wildman–Crippen MR) is 56.8 cm³/mol. The van der Waals surface area contributed by atoms with Crippen LogP contribution in [0.3, 0.4) is 0 Å². The largest absolute Gasteiger partial charge is 0.509 e. The monoisotopic (exact) mass is 230 g/mol. The Kier molecular flexibility index (Phi) is 3.30. The van der Waals surface area contributed by atoms with Gasteiger partial charge < -0.3 is 14.4 Å². The van der Waals surface area contributed by atoms with Crippen LogP contribution in [-0.4, -0.2) is 56.0 Å². The Morgan fingerprint density at radius 2 is 2.00 bits per heavy atom. The van der Waals surface area contributed by atoms with E-state index in [-0.39, 0.29) is 11.4 Å². The zero-order chi connectivity index (χ0) is 12.5.